The molecule has 98 valence electrons. The van der Waals surface area contributed by atoms with E-state index >= 15 is 0 Å². The maximum absolute atomic E-state index is 11.0. The fraction of sp³-hybridized carbons (Fsp3) is 0.385. The molecular formula is C13H16BrNO3. The highest BCUT2D eigenvalue weighted by atomic mass is 79.9. The summed E-state index contributed by atoms with van der Waals surface area (Å²) in [4.78, 5) is 10.7. The molecule has 0 aliphatic rings. The summed E-state index contributed by atoms with van der Waals surface area (Å²) in [6.07, 6.45) is 2.03. The first-order valence-corrected chi connectivity index (χ1v) is 6.41. The van der Waals surface area contributed by atoms with Crippen LogP contribution in [0.1, 0.15) is 25.8 Å². The highest BCUT2D eigenvalue weighted by Crippen LogP contribution is 2.26. The van der Waals surface area contributed by atoms with Crippen molar-refractivity contribution in [3.63, 3.8) is 0 Å². The van der Waals surface area contributed by atoms with Gasteiger partial charge in [0.05, 0.1) is 12.0 Å². The molecule has 0 heterocycles. The van der Waals surface area contributed by atoms with Crippen LogP contribution >= 0.6 is 15.9 Å². The molecule has 18 heavy (non-hydrogen) atoms. The lowest BCUT2D eigenvalue weighted by Gasteiger charge is -2.05. The number of nitro groups is 1. The molecule has 0 bridgehead atoms. The molecule has 0 amide bonds. The molecule has 0 radical (unpaired) electrons. The van der Waals surface area contributed by atoms with Gasteiger partial charge >= 0.3 is 0 Å². The predicted molar refractivity (Wildman–Crippen MR) is 75.1 cm³/mol. The highest BCUT2D eigenvalue weighted by Gasteiger charge is 2.14. The molecule has 0 saturated heterocycles. The maximum Gasteiger partial charge on any atom is 0.247 e. The zero-order valence-corrected chi connectivity index (χ0v) is 12.2. The summed E-state index contributed by atoms with van der Waals surface area (Å²) in [7, 11) is 1.57. The summed E-state index contributed by atoms with van der Waals surface area (Å²) in [5, 5.41) is 11.0. The van der Waals surface area contributed by atoms with Gasteiger partial charge in [-0.1, -0.05) is 29.8 Å². The van der Waals surface area contributed by atoms with Gasteiger partial charge in [-0.2, -0.15) is 0 Å². The Morgan fingerprint density at radius 3 is 2.72 bits per heavy atom. The molecular weight excluding hydrogens is 298 g/mol. The number of allylic oxidation sites excluding steroid dienone is 1. The van der Waals surface area contributed by atoms with E-state index in [0.29, 0.717) is 12.2 Å². The largest absolute Gasteiger partial charge is 0.497 e. The smallest absolute Gasteiger partial charge is 0.247 e. The van der Waals surface area contributed by atoms with Crippen LogP contribution in [0.2, 0.25) is 0 Å². The van der Waals surface area contributed by atoms with Crippen molar-refractivity contribution in [1.29, 1.82) is 0 Å². The molecule has 0 unspecified atom stereocenters. The molecule has 0 aromatic heterocycles. The van der Waals surface area contributed by atoms with Gasteiger partial charge in [-0.05, 0) is 29.7 Å². The van der Waals surface area contributed by atoms with E-state index in [1.165, 1.54) is 0 Å². The standard InChI is InChI=1S/C13H16BrNO3/c1-9(2)6-11(15(16)17)7-10-8-12(18-3)4-5-13(10)14/h4-5,7-9H,6H2,1-3H3/b11-7-. The number of hydrogen-bond donors (Lipinski definition) is 0. The quantitative estimate of drug-likeness (QED) is 0.607. The van der Waals surface area contributed by atoms with Crippen LogP contribution in [0.4, 0.5) is 0 Å². The Morgan fingerprint density at radius 2 is 2.22 bits per heavy atom. The number of methoxy groups -OCH3 is 1. The third-order valence-electron chi connectivity index (χ3n) is 2.38. The number of halogens is 1. The lowest BCUT2D eigenvalue weighted by molar-refractivity contribution is -0.427. The van der Waals surface area contributed by atoms with Gasteiger partial charge in [-0.15, -0.1) is 0 Å². The van der Waals surface area contributed by atoms with Gasteiger partial charge in [0.2, 0.25) is 5.70 Å². The Hall–Kier alpha value is -1.36. The minimum atomic E-state index is -0.327. The fourth-order valence-corrected chi connectivity index (χ4v) is 1.90. The van der Waals surface area contributed by atoms with E-state index in [4.69, 9.17) is 4.74 Å². The van der Waals surface area contributed by atoms with Crippen molar-refractivity contribution >= 4 is 22.0 Å². The Bertz CT molecular complexity index is 469. The Morgan fingerprint density at radius 1 is 1.56 bits per heavy atom. The van der Waals surface area contributed by atoms with Crippen molar-refractivity contribution in [2.75, 3.05) is 7.11 Å². The second-order valence-electron chi connectivity index (χ2n) is 4.38. The molecule has 0 aliphatic carbocycles. The minimum absolute atomic E-state index is 0.207. The normalized spacial score (nSPS) is 11.7. The Kier molecular flexibility index (Phi) is 5.34. The van der Waals surface area contributed by atoms with Gasteiger partial charge in [-0.25, -0.2) is 0 Å². The zero-order valence-electron chi connectivity index (χ0n) is 10.6. The van der Waals surface area contributed by atoms with E-state index in [-0.39, 0.29) is 16.5 Å². The van der Waals surface area contributed by atoms with E-state index < -0.39 is 0 Å². The van der Waals surface area contributed by atoms with Crippen LogP contribution in [0, 0.1) is 16.0 Å². The third-order valence-corrected chi connectivity index (χ3v) is 3.10. The van der Waals surface area contributed by atoms with E-state index in [2.05, 4.69) is 15.9 Å². The molecule has 0 atom stereocenters. The Labute approximate surface area is 115 Å². The first kappa shape index (κ1) is 14.7. The lowest BCUT2D eigenvalue weighted by Crippen LogP contribution is -2.02. The molecule has 1 rings (SSSR count). The maximum atomic E-state index is 11.0. The van der Waals surface area contributed by atoms with Crippen LogP contribution in [0.3, 0.4) is 0 Å². The van der Waals surface area contributed by atoms with Crippen molar-refractivity contribution in [1.82, 2.24) is 0 Å². The average molecular weight is 314 g/mol. The van der Waals surface area contributed by atoms with Crippen LogP contribution in [0.15, 0.2) is 28.4 Å². The summed E-state index contributed by atoms with van der Waals surface area (Å²) in [6.45, 7) is 3.91. The van der Waals surface area contributed by atoms with Crippen molar-refractivity contribution in [2.24, 2.45) is 5.92 Å². The highest BCUT2D eigenvalue weighted by molar-refractivity contribution is 9.10. The molecule has 0 saturated carbocycles. The second-order valence-corrected chi connectivity index (χ2v) is 5.23. The summed E-state index contributed by atoms with van der Waals surface area (Å²) < 4.78 is 5.92. The first-order valence-electron chi connectivity index (χ1n) is 5.62. The van der Waals surface area contributed by atoms with Crippen molar-refractivity contribution in [3.8, 4) is 5.75 Å². The van der Waals surface area contributed by atoms with Crippen LogP contribution in [0.25, 0.3) is 6.08 Å². The number of hydrogen-bond acceptors (Lipinski definition) is 3. The van der Waals surface area contributed by atoms with Crippen LogP contribution in [0.5, 0.6) is 5.75 Å². The van der Waals surface area contributed by atoms with Gasteiger partial charge in [0.15, 0.2) is 0 Å². The number of ether oxygens (including phenoxy) is 1. The summed E-state index contributed by atoms with van der Waals surface area (Å²) >= 11 is 3.38. The average Bonchev–Trinajstić information content (AvgIpc) is 2.30. The van der Waals surface area contributed by atoms with E-state index in [1.54, 1.807) is 25.3 Å². The van der Waals surface area contributed by atoms with Crippen LogP contribution in [-0.4, -0.2) is 12.0 Å². The molecule has 0 N–H and O–H groups in total. The first-order chi connectivity index (χ1) is 8.43. The zero-order chi connectivity index (χ0) is 13.7. The molecule has 0 spiro atoms. The van der Waals surface area contributed by atoms with Crippen molar-refractivity contribution < 1.29 is 9.66 Å². The predicted octanol–water partition coefficient (Wildman–Crippen LogP) is 4.12. The van der Waals surface area contributed by atoms with E-state index in [1.807, 2.05) is 19.9 Å². The SMILES string of the molecule is COc1ccc(Br)c(/C=C(/CC(C)C)[N+](=O)[O-])c1. The summed E-state index contributed by atoms with van der Waals surface area (Å²) in [5.74, 6) is 0.919. The monoisotopic (exact) mass is 313 g/mol. The molecule has 4 nitrogen and oxygen atoms in total. The van der Waals surface area contributed by atoms with Gasteiger partial charge < -0.3 is 4.74 Å². The Balaban J connectivity index is 3.14. The van der Waals surface area contributed by atoms with Gasteiger partial charge in [0.25, 0.3) is 0 Å². The third kappa shape index (κ3) is 4.14. The van der Waals surface area contributed by atoms with Crippen molar-refractivity contribution in [2.45, 2.75) is 20.3 Å². The number of benzene rings is 1. The molecule has 5 heteroatoms. The molecule has 1 aromatic carbocycles. The second kappa shape index (κ2) is 6.54. The van der Waals surface area contributed by atoms with Gasteiger partial charge in [-0.3, -0.25) is 10.1 Å². The van der Waals surface area contributed by atoms with Crippen LogP contribution in [-0.2, 0) is 0 Å². The van der Waals surface area contributed by atoms with Gasteiger partial charge in [0.1, 0.15) is 5.75 Å². The molecule has 1 aromatic rings. The van der Waals surface area contributed by atoms with E-state index in [9.17, 15) is 10.1 Å². The van der Waals surface area contributed by atoms with Gasteiger partial charge in [0, 0.05) is 17.0 Å². The summed E-state index contributed by atoms with van der Waals surface area (Å²) in [6, 6.07) is 5.39. The topological polar surface area (TPSA) is 52.4 Å². The number of nitrogens with zero attached hydrogens (tertiary/aromatic N) is 1. The molecule has 0 fully saturated rings. The van der Waals surface area contributed by atoms with Crippen LogP contribution < -0.4 is 4.74 Å². The van der Waals surface area contributed by atoms with E-state index in [0.717, 1.165) is 10.0 Å². The minimum Gasteiger partial charge on any atom is -0.497 e. The fourth-order valence-electron chi connectivity index (χ4n) is 1.54. The number of rotatable bonds is 5. The summed E-state index contributed by atoms with van der Waals surface area (Å²) in [5.41, 5.74) is 0.959. The molecule has 0 aliphatic heterocycles. The van der Waals surface area contributed by atoms with Crippen molar-refractivity contribution in [3.05, 3.63) is 44.0 Å². The lowest BCUT2D eigenvalue weighted by atomic mass is 10.1.